The number of halogens is 5. The number of carbonyl (C=O) groups excluding carboxylic acids is 1. The van der Waals surface area contributed by atoms with Crippen molar-refractivity contribution in [3.63, 3.8) is 0 Å². The van der Waals surface area contributed by atoms with Crippen LogP contribution in [0.2, 0.25) is 10.3 Å². The first-order valence-electron chi connectivity index (χ1n) is 5.26. The highest BCUT2D eigenvalue weighted by atomic mass is 35.5. The van der Waals surface area contributed by atoms with Crippen molar-refractivity contribution in [1.82, 2.24) is 15.4 Å². The molecule has 0 saturated carbocycles. The number of hydrazine groups is 1. The summed E-state index contributed by atoms with van der Waals surface area (Å²) in [5, 5.41) is 0.581. The molecule has 0 spiro atoms. The van der Waals surface area contributed by atoms with Crippen molar-refractivity contribution in [3.05, 3.63) is 28.0 Å². The average molecular weight is 327 g/mol. The molecule has 1 aromatic rings. The summed E-state index contributed by atoms with van der Waals surface area (Å²) in [7, 11) is 0. The van der Waals surface area contributed by atoms with Crippen LogP contribution in [0.1, 0.15) is 5.56 Å². The number of hydrogen-bond donors (Lipinski definition) is 1. The Balaban J connectivity index is 2.23. The number of aromatic nitrogens is 1. The van der Waals surface area contributed by atoms with E-state index in [0.717, 1.165) is 0 Å². The SMILES string of the molecule is O=C1CN=C(c2cc(Cl)nc(Cl)c2)NN1CC(F)(F)F. The molecule has 2 rings (SSSR count). The Labute approximate surface area is 121 Å². The van der Waals surface area contributed by atoms with Gasteiger partial charge in [-0.05, 0) is 12.1 Å². The van der Waals surface area contributed by atoms with Gasteiger partial charge in [-0.3, -0.25) is 15.2 Å². The molecule has 1 aliphatic heterocycles. The predicted octanol–water partition coefficient (Wildman–Crippen LogP) is 2.04. The van der Waals surface area contributed by atoms with E-state index in [9.17, 15) is 18.0 Å². The Morgan fingerprint density at radius 3 is 2.45 bits per heavy atom. The van der Waals surface area contributed by atoms with Crippen LogP contribution < -0.4 is 5.43 Å². The van der Waals surface area contributed by atoms with E-state index in [1.165, 1.54) is 12.1 Å². The topological polar surface area (TPSA) is 57.6 Å². The largest absolute Gasteiger partial charge is 0.408 e. The van der Waals surface area contributed by atoms with Gasteiger partial charge < -0.3 is 0 Å². The second-order valence-corrected chi connectivity index (χ2v) is 4.65. The normalized spacial score (nSPS) is 15.9. The summed E-state index contributed by atoms with van der Waals surface area (Å²) in [5.41, 5.74) is 2.64. The number of rotatable bonds is 2. The summed E-state index contributed by atoms with van der Waals surface area (Å²) in [6, 6.07) is 2.75. The molecule has 1 aromatic heterocycles. The second kappa shape index (κ2) is 5.45. The number of pyridine rings is 1. The predicted molar refractivity (Wildman–Crippen MR) is 66.6 cm³/mol. The molecule has 0 saturated heterocycles. The molecule has 0 aromatic carbocycles. The van der Waals surface area contributed by atoms with E-state index in [4.69, 9.17) is 23.2 Å². The van der Waals surface area contributed by atoms with Gasteiger partial charge in [-0.15, -0.1) is 0 Å². The van der Waals surface area contributed by atoms with Crippen LogP contribution in [0.5, 0.6) is 0 Å². The lowest BCUT2D eigenvalue weighted by molar-refractivity contribution is -0.164. The molecule has 20 heavy (non-hydrogen) atoms. The van der Waals surface area contributed by atoms with Crippen LogP contribution in [0.15, 0.2) is 17.1 Å². The number of nitrogens with zero attached hydrogens (tertiary/aromatic N) is 3. The quantitative estimate of drug-likeness (QED) is 0.846. The van der Waals surface area contributed by atoms with Gasteiger partial charge in [0.15, 0.2) is 0 Å². The first-order valence-corrected chi connectivity index (χ1v) is 6.02. The van der Waals surface area contributed by atoms with Gasteiger partial charge in [-0.2, -0.15) is 13.2 Å². The lowest BCUT2D eigenvalue weighted by atomic mass is 10.2. The zero-order chi connectivity index (χ0) is 14.9. The van der Waals surface area contributed by atoms with Gasteiger partial charge in [0.25, 0.3) is 5.91 Å². The van der Waals surface area contributed by atoms with Gasteiger partial charge in [-0.1, -0.05) is 23.2 Å². The zero-order valence-corrected chi connectivity index (χ0v) is 11.2. The molecular formula is C10H7Cl2F3N4O. The molecule has 5 nitrogen and oxygen atoms in total. The summed E-state index contributed by atoms with van der Waals surface area (Å²) in [6.07, 6.45) is -4.52. The summed E-state index contributed by atoms with van der Waals surface area (Å²) >= 11 is 11.4. The minimum atomic E-state index is -4.52. The smallest absolute Gasteiger partial charge is 0.279 e. The molecule has 0 atom stereocenters. The van der Waals surface area contributed by atoms with Gasteiger partial charge in [0.2, 0.25) is 0 Å². The number of aliphatic imine (C=N–C) groups is 1. The highest BCUT2D eigenvalue weighted by Crippen LogP contribution is 2.19. The monoisotopic (exact) mass is 326 g/mol. The molecule has 0 fully saturated rings. The maximum Gasteiger partial charge on any atom is 0.408 e. The summed E-state index contributed by atoms with van der Waals surface area (Å²) < 4.78 is 37.0. The zero-order valence-electron chi connectivity index (χ0n) is 9.71. The average Bonchev–Trinajstić information content (AvgIpc) is 2.29. The van der Waals surface area contributed by atoms with E-state index >= 15 is 0 Å². The Morgan fingerprint density at radius 2 is 1.90 bits per heavy atom. The van der Waals surface area contributed by atoms with Crippen molar-refractivity contribution < 1.29 is 18.0 Å². The van der Waals surface area contributed by atoms with E-state index in [1.807, 2.05) is 0 Å². The van der Waals surface area contributed by atoms with Crippen molar-refractivity contribution in [2.24, 2.45) is 4.99 Å². The molecule has 108 valence electrons. The molecule has 10 heteroatoms. The molecule has 0 radical (unpaired) electrons. The van der Waals surface area contributed by atoms with Gasteiger partial charge in [0.1, 0.15) is 29.2 Å². The van der Waals surface area contributed by atoms with Crippen molar-refractivity contribution in [2.75, 3.05) is 13.1 Å². The van der Waals surface area contributed by atoms with Crippen molar-refractivity contribution >= 4 is 34.9 Å². The number of hydrogen-bond acceptors (Lipinski definition) is 4. The standard InChI is InChI=1S/C10H7Cl2F3N4O/c11-6-1-5(2-7(12)17-6)9-16-3-8(20)19(18-9)4-10(13,14)15/h1-2H,3-4H2,(H,16,18). The van der Waals surface area contributed by atoms with Crippen LogP contribution in [0.3, 0.4) is 0 Å². The minimum Gasteiger partial charge on any atom is -0.279 e. The molecule has 2 heterocycles. The summed E-state index contributed by atoms with van der Waals surface area (Å²) in [6.45, 7) is -1.81. The fourth-order valence-corrected chi connectivity index (χ4v) is 1.98. The van der Waals surface area contributed by atoms with E-state index in [2.05, 4.69) is 15.4 Å². The fraction of sp³-hybridized carbons (Fsp3) is 0.300. The Kier molecular flexibility index (Phi) is 4.05. The highest BCUT2D eigenvalue weighted by Gasteiger charge is 2.35. The molecule has 1 aliphatic rings. The number of amides is 1. The fourth-order valence-electron chi connectivity index (χ4n) is 1.52. The first-order chi connectivity index (χ1) is 9.24. The van der Waals surface area contributed by atoms with Gasteiger partial charge in [0, 0.05) is 5.56 Å². The van der Waals surface area contributed by atoms with E-state index < -0.39 is 25.2 Å². The van der Waals surface area contributed by atoms with Crippen LogP contribution in [0.25, 0.3) is 0 Å². The lowest BCUT2D eigenvalue weighted by Gasteiger charge is -2.29. The van der Waals surface area contributed by atoms with Crippen LogP contribution in [0.4, 0.5) is 13.2 Å². The molecule has 0 aliphatic carbocycles. The van der Waals surface area contributed by atoms with Gasteiger partial charge in [0.05, 0.1) is 0 Å². The highest BCUT2D eigenvalue weighted by molar-refractivity contribution is 6.33. The molecule has 1 N–H and O–H groups in total. The summed E-state index contributed by atoms with van der Waals surface area (Å²) in [4.78, 5) is 18.9. The molecule has 0 unspecified atom stereocenters. The van der Waals surface area contributed by atoms with Crippen LogP contribution >= 0.6 is 23.2 Å². The number of carbonyl (C=O) groups is 1. The third-order valence-corrected chi connectivity index (χ3v) is 2.68. The first kappa shape index (κ1) is 14.9. The van der Waals surface area contributed by atoms with Crippen LogP contribution in [-0.4, -0.2) is 41.0 Å². The second-order valence-electron chi connectivity index (χ2n) is 3.87. The lowest BCUT2D eigenvalue weighted by Crippen LogP contribution is -2.54. The van der Waals surface area contributed by atoms with Crippen molar-refractivity contribution in [2.45, 2.75) is 6.18 Å². The third-order valence-electron chi connectivity index (χ3n) is 2.29. The van der Waals surface area contributed by atoms with E-state index in [0.29, 0.717) is 10.6 Å². The maximum absolute atomic E-state index is 12.3. The maximum atomic E-state index is 12.3. The Morgan fingerprint density at radius 1 is 1.30 bits per heavy atom. The Bertz CT molecular complexity index is 556. The molecular weight excluding hydrogens is 320 g/mol. The summed E-state index contributed by atoms with van der Waals surface area (Å²) in [5.74, 6) is -0.711. The number of nitrogens with one attached hydrogen (secondary N) is 1. The Hall–Kier alpha value is -1.54. The van der Waals surface area contributed by atoms with Crippen molar-refractivity contribution in [3.8, 4) is 0 Å². The van der Waals surface area contributed by atoms with E-state index in [-0.39, 0.29) is 16.1 Å². The molecule has 1 amide bonds. The van der Waals surface area contributed by atoms with E-state index in [1.54, 1.807) is 0 Å². The third kappa shape index (κ3) is 3.73. The van der Waals surface area contributed by atoms with Crippen LogP contribution in [-0.2, 0) is 4.79 Å². The number of amidine groups is 1. The molecule has 0 bridgehead atoms. The van der Waals surface area contributed by atoms with Crippen molar-refractivity contribution in [1.29, 1.82) is 0 Å². The van der Waals surface area contributed by atoms with Crippen LogP contribution in [0, 0.1) is 0 Å². The minimum absolute atomic E-state index is 0.0660. The number of alkyl halides is 3. The van der Waals surface area contributed by atoms with Gasteiger partial charge in [-0.25, -0.2) is 9.99 Å². The van der Waals surface area contributed by atoms with Gasteiger partial charge >= 0.3 is 6.18 Å².